The average molecular weight is 581 g/mol. The summed E-state index contributed by atoms with van der Waals surface area (Å²) in [7, 11) is 5.91. The number of halogens is 1. The van der Waals surface area contributed by atoms with Gasteiger partial charge >= 0.3 is 33.0 Å². The summed E-state index contributed by atoms with van der Waals surface area (Å²) in [6.07, 6.45) is 2.18. The molecule has 2 aromatic carbocycles. The number of carbonyl (C=O) groups excluding carboxylic acids is 1. The zero-order chi connectivity index (χ0) is 26.1. The van der Waals surface area contributed by atoms with E-state index in [1.165, 1.54) is 36.7 Å². The van der Waals surface area contributed by atoms with Crippen molar-refractivity contribution in [1.29, 1.82) is 0 Å². The van der Waals surface area contributed by atoms with Crippen LogP contribution in [0.5, 0.6) is 0 Å². The predicted octanol–water partition coefficient (Wildman–Crippen LogP) is 7.75. The molecule has 0 unspecified atom stereocenters. The number of hydrogen-bond donors (Lipinski definition) is 0. The number of imidazole rings is 1. The first-order valence-electron chi connectivity index (χ1n) is 11.7. The summed E-state index contributed by atoms with van der Waals surface area (Å²) < 4.78 is 6.99. The molecule has 0 spiro atoms. The summed E-state index contributed by atoms with van der Waals surface area (Å²) in [5.41, 5.74) is 3.30. The molecule has 4 rings (SSSR count). The third-order valence-corrected chi connectivity index (χ3v) is 6.67. The molecule has 1 aromatic heterocycles. The molecule has 0 amide bonds. The van der Waals surface area contributed by atoms with E-state index in [1.54, 1.807) is 12.1 Å². The summed E-state index contributed by atoms with van der Waals surface area (Å²) in [4.78, 5) is 16.5. The molecule has 5 radical (unpaired) electrons. The fourth-order valence-electron chi connectivity index (χ4n) is 4.06. The molecule has 3 aromatic rings. The van der Waals surface area contributed by atoms with Gasteiger partial charge in [0.15, 0.2) is 0 Å². The molecule has 35 heavy (non-hydrogen) atoms. The maximum absolute atomic E-state index is 11.7. The quantitative estimate of drug-likeness (QED) is 0.176. The molecule has 0 bridgehead atoms. The molecule has 0 aliphatic heterocycles. The first-order chi connectivity index (χ1) is 16.8. The number of unbranched alkanes of at least 4 members (excludes halogenated alkanes) is 1. The fraction of sp³-hybridized carbons (Fsp3) is 0.345. The summed E-state index contributed by atoms with van der Waals surface area (Å²) in [5, 5.41) is 0. The van der Waals surface area contributed by atoms with Crippen LogP contribution in [0.4, 0.5) is 0 Å². The van der Waals surface area contributed by atoms with Crippen LogP contribution < -0.4 is 0 Å². The van der Waals surface area contributed by atoms with Gasteiger partial charge in [-0.1, -0.05) is 48.0 Å². The Morgan fingerprint density at radius 3 is 2.09 bits per heavy atom. The van der Waals surface area contributed by atoms with Crippen LogP contribution in [-0.2, 0) is 28.6 Å². The van der Waals surface area contributed by atoms with E-state index in [-0.39, 0.29) is 5.97 Å². The van der Waals surface area contributed by atoms with Crippen LogP contribution in [0.3, 0.4) is 0 Å². The van der Waals surface area contributed by atoms with Crippen LogP contribution in [0, 0.1) is 35.7 Å². The Labute approximate surface area is 225 Å². The van der Waals surface area contributed by atoms with Crippen LogP contribution in [0.15, 0.2) is 42.5 Å². The number of carbonyl (C=O) groups is 1. The maximum atomic E-state index is 11.7. The number of fused-ring (bicyclic) bond motifs is 1. The van der Waals surface area contributed by atoms with Gasteiger partial charge in [0.25, 0.3) is 0 Å². The van der Waals surface area contributed by atoms with Crippen molar-refractivity contribution in [3.63, 3.8) is 0 Å². The van der Waals surface area contributed by atoms with Gasteiger partial charge in [-0.2, -0.15) is 0 Å². The number of benzene rings is 2. The number of esters is 1. The zero-order valence-electron chi connectivity index (χ0n) is 21.6. The SMILES string of the molecule is CCCCn1c(-c2[c-]cccc2)nc2cc(C(=O)OC)ccc21.C[C]1[C](C)[C](C)[C](C)[C]1C.[Cl][Rh+2]. The second kappa shape index (κ2) is 14.1. The minimum atomic E-state index is -0.345. The summed E-state index contributed by atoms with van der Waals surface area (Å²) >= 11 is 2.02. The Kier molecular flexibility index (Phi) is 11.9. The van der Waals surface area contributed by atoms with Gasteiger partial charge in [-0.05, 0) is 54.2 Å². The number of hydrogen-bond acceptors (Lipinski definition) is 3. The van der Waals surface area contributed by atoms with Gasteiger partial charge in [-0.3, -0.25) is 4.98 Å². The first kappa shape index (κ1) is 29.5. The monoisotopic (exact) mass is 580 g/mol. The first-order valence-corrected chi connectivity index (χ1v) is 13.8. The van der Waals surface area contributed by atoms with Gasteiger partial charge < -0.3 is 9.30 Å². The van der Waals surface area contributed by atoms with E-state index >= 15 is 0 Å². The van der Waals surface area contributed by atoms with E-state index in [1.807, 2.05) is 47.6 Å². The van der Waals surface area contributed by atoms with Gasteiger partial charge in [0.05, 0.1) is 29.5 Å². The third kappa shape index (κ3) is 6.95. The number of ether oxygens (including phenoxy) is 1. The van der Waals surface area contributed by atoms with E-state index in [0.717, 1.165) is 41.8 Å². The van der Waals surface area contributed by atoms with Crippen molar-refractivity contribution < 1.29 is 26.8 Å². The molecular weight excluding hydrogens is 547 g/mol. The number of nitrogens with zero attached hydrogens (tertiary/aromatic N) is 2. The van der Waals surface area contributed by atoms with Crippen LogP contribution in [-0.4, -0.2) is 22.6 Å². The van der Waals surface area contributed by atoms with E-state index < -0.39 is 0 Å². The standard InChI is InChI=1S/C19H19N2O2.C10H15.ClH.Rh/c1-3-4-12-21-17-11-10-15(19(22)23-2)13-16(17)20-18(21)14-8-6-5-7-9-14;1-6-7(2)9(4)10(5)8(6)3;;/h5-8,10-11,13H,3-4,12H2,1-2H3;1-5H3;1H;/q-1;;;+3/p-1. The van der Waals surface area contributed by atoms with E-state index in [4.69, 9.17) is 9.72 Å². The molecular formula is C29H34ClN2O2Rh+. The molecule has 0 N–H and O–H groups in total. The third-order valence-electron chi connectivity index (χ3n) is 6.67. The molecule has 1 saturated carbocycles. The molecule has 1 aliphatic rings. The summed E-state index contributed by atoms with van der Waals surface area (Å²) in [6, 6.07) is 16.6. The number of rotatable bonds is 5. The van der Waals surface area contributed by atoms with Crippen molar-refractivity contribution in [2.45, 2.75) is 60.9 Å². The van der Waals surface area contributed by atoms with Gasteiger partial charge in [-0.15, -0.1) is 35.9 Å². The van der Waals surface area contributed by atoms with Crippen molar-refractivity contribution in [2.24, 2.45) is 0 Å². The Morgan fingerprint density at radius 1 is 1.00 bits per heavy atom. The molecule has 187 valence electrons. The second-order valence-electron chi connectivity index (χ2n) is 8.54. The van der Waals surface area contributed by atoms with Crippen molar-refractivity contribution in [3.8, 4) is 11.4 Å². The van der Waals surface area contributed by atoms with Gasteiger partial charge in [0.2, 0.25) is 0 Å². The summed E-state index contributed by atoms with van der Waals surface area (Å²) in [6.45, 7) is 14.1. The molecule has 6 heteroatoms. The Morgan fingerprint density at radius 2 is 1.60 bits per heavy atom. The van der Waals surface area contributed by atoms with Gasteiger partial charge in [0.1, 0.15) is 0 Å². The molecule has 1 aliphatic carbocycles. The van der Waals surface area contributed by atoms with Crippen LogP contribution in [0.25, 0.3) is 22.4 Å². The molecule has 1 fully saturated rings. The average Bonchev–Trinajstić information content (AvgIpc) is 3.35. The number of methoxy groups -OCH3 is 1. The topological polar surface area (TPSA) is 44.1 Å². The number of aryl methyl sites for hydroxylation is 1. The van der Waals surface area contributed by atoms with E-state index in [0.29, 0.717) is 5.56 Å². The van der Waals surface area contributed by atoms with Crippen molar-refractivity contribution in [3.05, 3.63) is 83.7 Å². The van der Waals surface area contributed by atoms with Crippen LogP contribution in [0.2, 0.25) is 0 Å². The Balaban J connectivity index is 0.000000302. The van der Waals surface area contributed by atoms with Crippen molar-refractivity contribution in [2.75, 3.05) is 7.11 Å². The molecule has 1 heterocycles. The van der Waals surface area contributed by atoms with Gasteiger partial charge in [0, 0.05) is 6.54 Å². The summed E-state index contributed by atoms with van der Waals surface area (Å²) in [5.74, 6) is 7.88. The van der Waals surface area contributed by atoms with Crippen molar-refractivity contribution >= 4 is 26.7 Å². The van der Waals surface area contributed by atoms with E-state index in [2.05, 4.69) is 61.9 Å². The second-order valence-corrected chi connectivity index (χ2v) is 8.54. The molecule has 0 saturated heterocycles. The Bertz CT molecular complexity index is 1020. The van der Waals surface area contributed by atoms with E-state index in [9.17, 15) is 4.79 Å². The van der Waals surface area contributed by atoms with Crippen LogP contribution in [0.1, 0.15) is 64.7 Å². The molecule has 4 nitrogen and oxygen atoms in total. The fourth-order valence-corrected chi connectivity index (χ4v) is 4.06. The molecule has 0 atom stereocenters. The van der Waals surface area contributed by atoms with Gasteiger partial charge in [-0.25, -0.2) is 4.79 Å². The van der Waals surface area contributed by atoms with Crippen LogP contribution >= 0.6 is 9.69 Å². The van der Waals surface area contributed by atoms with Crippen molar-refractivity contribution in [1.82, 2.24) is 9.55 Å². The zero-order valence-corrected chi connectivity index (χ0v) is 24.0. The number of aromatic nitrogens is 2. The Hall–Kier alpha value is -1.71. The normalized spacial score (nSPS) is 15.5. The predicted molar refractivity (Wildman–Crippen MR) is 141 cm³/mol. The minimum absolute atomic E-state index is 0.345.